The molecule has 0 aliphatic rings. The van der Waals surface area contributed by atoms with Crippen molar-refractivity contribution in [3.05, 3.63) is 340 Å². The number of rotatable bonds is 12. The van der Waals surface area contributed by atoms with Crippen LogP contribution in [0.2, 0.25) is 0 Å². The molecule has 0 saturated carbocycles. The molecule has 0 spiro atoms. The van der Waals surface area contributed by atoms with Crippen LogP contribution in [0.5, 0.6) is 23.0 Å². The van der Waals surface area contributed by atoms with Gasteiger partial charge in [0.2, 0.25) is 0 Å². The van der Waals surface area contributed by atoms with Gasteiger partial charge in [-0.05, 0) is 146 Å². The van der Waals surface area contributed by atoms with Crippen molar-refractivity contribution >= 4 is 95.3 Å². The van der Waals surface area contributed by atoms with Crippen molar-refractivity contribution in [3.63, 3.8) is 0 Å². The molecule has 0 fully saturated rings. The maximum absolute atomic E-state index is 10.2. The van der Waals surface area contributed by atoms with Gasteiger partial charge in [0.15, 0.2) is 23.0 Å². The van der Waals surface area contributed by atoms with Gasteiger partial charge in [0.05, 0.1) is 0 Å². The summed E-state index contributed by atoms with van der Waals surface area (Å²) in [7, 11) is -4.63. The molecule has 0 bridgehead atoms. The summed E-state index contributed by atoms with van der Waals surface area (Å²) in [5, 5.41) is 55.3. The smallest absolute Gasteiger partial charge is 0.158 e. The first-order valence-corrected chi connectivity index (χ1v) is 32.5. The van der Waals surface area contributed by atoms with Crippen LogP contribution in [-0.4, -0.2) is 20.4 Å². The first-order chi connectivity index (χ1) is 39.4. The van der Waals surface area contributed by atoms with Gasteiger partial charge in [-0.3, -0.25) is 0 Å². The first kappa shape index (κ1) is 59.3. The molecule has 12 rings (SSSR count). The van der Waals surface area contributed by atoms with E-state index in [0.29, 0.717) is 23.0 Å². The number of hydrogen-bond donors (Lipinski definition) is 4. The predicted octanol–water partition coefficient (Wildman–Crippen LogP) is 11.5. The normalized spacial score (nSPS) is 10.5. The zero-order chi connectivity index (χ0) is 55.1. The topological polar surface area (TPSA) is 80.9 Å². The van der Waals surface area contributed by atoms with E-state index in [2.05, 4.69) is 194 Å². The Kier molecular flexibility index (Phi) is 22.9. The van der Waals surface area contributed by atoms with Gasteiger partial charge in [-0.1, -0.05) is 194 Å². The average Bonchev–Trinajstić information content (AvgIpc) is 3.52. The van der Waals surface area contributed by atoms with Crippen molar-refractivity contribution in [2.45, 2.75) is 0 Å². The Morgan fingerprint density at radius 2 is 0.259 bits per heavy atom. The average molecular weight is 1220 g/mol. The summed E-state index contributed by atoms with van der Waals surface area (Å²) in [5.41, 5.74) is 0. The molecule has 81 heavy (non-hydrogen) atoms. The van der Waals surface area contributed by atoms with Crippen LogP contribution in [0.15, 0.2) is 340 Å². The fourth-order valence-corrected chi connectivity index (χ4v) is 19.9. The van der Waals surface area contributed by atoms with Gasteiger partial charge in [-0.2, -0.15) is 0 Å². The zero-order valence-electron chi connectivity index (χ0n) is 44.4. The van der Waals surface area contributed by atoms with Gasteiger partial charge in [0.25, 0.3) is 0 Å². The van der Waals surface area contributed by atoms with Crippen molar-refractivity contribution in [2.75, 3.05) is 0 Å². The molecule has 0 amide bonds. The van der Waals surface area contributed by atoms with Crippen LogP contribution in [-0.2, 0) is 20.4 Å². The molecule has 0 saturated heterocycles. The van der Waals surface area contributed by atoms with Crippen LogP contribution in [0.4, 0.5) is 0 Å². The molecule has 0 unspecified atom stereocenters. The van der Waals surface area contributed by atoms with Crippen LogP contribution in [0.3, 0.4) is 0 Å². The summed E-state index contributed by atoms with van der Waals surface area (Å²) in [4.78, 5) is 0. The van der Waals surface area contributed by atoms with Gasteiger partial charge in [-0.25, -0.2) is 0 Å². The maximum Gasteiger partial charge on any atom is 0.158 e. The van der Waals surface area contributed by atoms with E-state index in [4.69, 9.17) is 0 Å². The van der Waals surface area contributed by atoms with Gasteiger partial charge in [0, 0.05) is 20.4 Å². The SMILES string of the molecule is Oc1ccccc1[PH+](c1ccccc1)c1ccccc1.Oc1ccccc1[PH+](c1ccccc1)c1ccccc1.Oc1ccccc1[PH+](c1ccccc1)c1ccccc1.Oc1ccccc1[PH+](c1ccccc1)c1ccccc1.[Pd]. The molecule has 0 aromatic heterocycles. The molecule has 0 heterocycles. The largest absolute Gasteiger partial charge is 0.504 e. The van der Waals surface area contributed by atoms with Crippen molar-refractivity contribution in [1.29, 1.82) is 0 Å². The van der Waals surface area contributed by atoms with E-state index < -0.39 is 31.7 Å². The number of phenolic OH excluding ortho intramolecular Hbond substituents is 4. The Labute approximate surface area is 495 Å². The summed E-state index contributed by atoms with van der Waals surface area (Å²) < 4.78 is 0. The Morgan fingerprint density at radius 3 is 0.383 bits per heavy atom. The van der Waals surface area contributed by atoms with Crippen LogP contribution in [0.1, 0.15) is 0 Å². The third kappa shape index (κ3) is 16.2. The van der Waals surface area contributed by atoms with Gasteiger partial charge >= 0.3 is 0 Å². The second kappa shape index (κ2) is 31.3. The van der Waals surface area contributed by atoms with Crippen LogP contribution >= 0.6 is 31.7 Å². The fraction of sp³-hybridized carbons (Fsp3) is 0. The van der Waals surface area contributed by atoms with E-state index >= 15 is 0 Å². The van der Waals surface area contributed by atoms with Crippen LogP contribution < -0.4 is 63.7 Å². The molecule has 12 aromatic rings. The summed E-state index contributed by atoms with van der Waals surface area (Å²) >= 11 is 0. The van der Waals surface area contributed by atoms with E-state index in [1.165, 1.54) is 42.4 Å². The monoisotopic (exact) mass is 1220 g/mol. The third-order valence-electron chi connectivity index (χ3n) is 13.2. The molecular formula is C72H64O4P4Pd+4. The zero-order valence-corrected chi connectivity index (χ0v) is 50.0. The van der Waals surface area contributed by atoms with E-state index in [0.717, 1.165) is 21.2 Å². The molecule has 12 aromatic carbocycles. The molecule has 0 atom stereocenters. The van der Waals surface area contributed by atoms with Crippen LogP contribution in [0, 0.1) is 0 Å². The van der Waals surface area contributed by atoms with Gasteiger partial charge < -0.3 is 20.4 Å². The summed E-state index contributed by atoms with van der Waals surface area (Å²) in [6.07, 6.45) is 0. The Bertz CT molecular complexity index is 3070. The van der Waals surface area contributed by atoms with E-state index in [1.54, 1.807) is 24.3 Å². The van der Waals surface area contributed by atoms with Crippen molar-refractivity contribution in [1.82, 2.24) is 0 Å². The first-order valence-electron chi connectivity index (χ1n) is 26.5. The Hall–Kier alpha value is -7.78. The molecule has 0 aliphatic heterocycles. The number of hydrogen-bond acceptors (Lipinski definition) is 4. The van der Waals surface area contributed by atoms with E-state index in [1.807, 2.05) is 121 Å². The molecule has 4 nitrogen and oxygen atoms in total. The summed E-state index contributed by atoms with van der Waals surface area (Å²) in [5.74, 6) is 1.53. The van der Waals surface area contributed by atoms with Gasteiger partial charge in [-0.15, -0.1) is 0 Å². The third-order valence-corrected chi connectivity index (χ3v) is 24.3. The second-order valence-electron chi connectivity index (χ2n) is 18.5. The number of phenols is 4. The van der Waals surface area contributed by atoms with Gasteiger partial charge in [0.1, 0.15) is 95.3 Å². The van der Waals surface area contributed by atoms with E-state index in [9.17, 15) is 20.4 Å². The molecule has 402 valence electrons. The molecule has 0 aliphatic carbocycles. The predicted molar refractivity (Wildman–Crippen MR) is 353 cm³/mol. The molecule has 0 radical (unpaired) electrons. The summed E-state index contributed by atoms with van der Waals surface area (Å²) in [6, 6.07) is 114. The molecule has 9 heteroatoms. The number of para-hydroxylation sites is 4. The van der Waals surface area contributed by atoms with Crippen LogP contribution in [0.25, 0.3) is 0 Å². The summed E-state index contributed by atoms with van der Waals surface area (Å²) in [6.45, 7) is 0. The minimum absolute atomic E-state index is 0. The molecule has 4 N–H and O–H groups in total. The van der Waals surface area contributed by atoms with Crippen molar-refractivity contribution in [3.8, 4) is 23.0 Å². The molecular weight excluding hydrogens is 1160 g/mol. The number of benzene rings is 12. The fourth-order valence-electron chi connectivity index (χ4n) is 9.49. The Balaban J connectivity index is 0.000000141. The minimum Gasteiger partial charge on any atom is -0.504 e. The number of aromatic hydroxyl groups is 4. The quantitative estimate of drug-likeness (QED) is 0.0726. The standard InChI is InChI=1S/4C18H15OP.Pd/c4*19-17-13-7-8-14-18(17)20(15-9-3-1-4-10-15)16-11-5-2-6-12-16;/h4*1-14,19H;/p+4. The van der Waals surface area contributed by atoms with Crippen molar-refractivity contribution < 1.29 is 40.8 Å². The van der Waals surface area contributed by atoms with Crippen molar-refractivity contribution in [2.24, 2.45) is 0 Å². The van der Waals surface area contributed by atoms with E-state index in [-0.39, 0.29) is 20.4 Å². The minimum atomic E-state index is -1.16. The maximum atomic E-state index is 10.2. The Morgan fingerprint density at radius 1 is 0.148 bits per heavy atom. The second-order valence-corrected chi connectivity index (χ2v) is 28.3.